The number of hydrogen-bond donors (Lipinski definition) is 0. The fraction of sp³-hybridized carbons (Fsp3) is 0. The van der Waals surface area contributed by atoms with Crippen LogP contribution in [0.2, 0.25) is 0 Å². The summed E-state index contributed by atoms with van der Waals surface area (Å²) in [5, 5.41) is 2.37. The Bertz CT molecular complexity index is 2850. The molecule has 6 nitrogen and oxygen atoms in total. The van der Waals surface area contributed by atoms with Crippen LogP contribution >= 0.6 is 11.3 Å². The van der Waals surface area contributed by atoms with E-state index < -0.39 is 0 Å². The first-order valence-electron chi connectivity index (χ1n) is 18.0. The molecule has 3 heterocycles. The van der Waals surface area contributed by atoms with Crippen LogP contribution in [0.3, 0.4) is 0 Å². The first kappa shape index (κ1) is 32.4. The number of rotatable bonds is 7. The fourth-order valence-electron chi connectivity index (χ4n) is 6.94. The summed E-state index contributed by atoms with van der Waals surface area (Å²) in [4.78, 5) is 30.4. The number of fused-ring (bicyclic) bond motifs is 3. The van der Waals surface area contributed by atoms with Crippen LogP contribution in [0.4, 0.5) is 0 Å². The molecular weight excluding hydrogens is 693 g/mol. The maximum atomic E-state index is 5.23. The van der Waals surface area contributed by atoms with E-state index in [2.05, 4.69) is 60.7 Å². The molecule has 0 saturated carbocycles. The lowest BCUT2D eigenvalue weighted by molar-refractivity contribution is 1.07. The second kappa shape index (κ2) is 14.0. The van der Waals surface area contributed by atoms with Gasteiger partial charge in [-0.05, 0) is 23.3 Å². The Kier molecular flexibility index (Phi) is 8.24. The van der Waals surface area contributed by atoms with Gasteiger partial charge >= 0.3 is 0 Å². The lowest BCUT2D eigenvalue weighted by Gasteiger charge is -2.14. The zero-order valence-electron chi connectivity index (χ0n) is 29.4. The summed E-state index contributed by atoms with van der Waals surface area (Å²) in [6, 6.07) is 61.7. The van der Waals surface area contributed by atoms with Gasteiger partial charge in [0.2, 0.25) is 0 Å². The van der Waals surface area contributed by atoms with Crippen molar-refractivity contribution in [3.63, 3.8) is 0 Å². The van der Waals surface area contributed by atoms with E-state index in [9.17, 15) is 0 Å². The molecule has 0 fully saturated rings. The van der Waals surface area contributed by atoms with Gasteiger partial charge in [0.25, 0.3) is 0 Å². The first-order chi connectivity index (χ1) is 27.2. The molecule has 0 amide bonds. The van der Waals surface area contributed by atoms with Crippen molar-refractivity contribution in [3.05, 3.63) is 182 Å². The van der Waals surface area contributed by atoms with E-state index in [1.807, 2.05) is 121 Å². The zero-order valence-corrected chi connectivity index (χ0v) is 30.2. The average molecular weight is 723 g/mol. The molecular formula is C48H30N6S. The molecule has 3 aromatic heterocycles. The molecule has 0 saturated heterocycles. The minimum absolute atomic E-state index is 0.594. The summed E-state index contributed by atoms with van der Waals surface area (Å²) >= 11 is 1.76. The van der Waals surface area contributed by atoms with Crippen molar-refractivity contribution in [1.82, 2.24) is 29.9 Å². The van der Waals surface area contributed by atoms with Crippen LogP contribution in [0.1, 0.15) is 0 Å². The summed E-state index contributed by atoms with van der Waals surface area (Å²) in [5.74, 6) is 3.69. The molecule has 10 rings (SSSR count). The summed E-state index contributed by atoms with van der Waals surface area (Å²) in [6.07, 6.45) is 0. The van der Waals surface area contributed by atoms with Gasteiger partial charge in [0.15, 0.2) is 34.9 Å². The van der Waals surface area contributed by atoms with Gasteiger partial charge < -0.3 is 0 Å². The van der Waals surface area contributed by atoms with Crippen LogP contribution < -0.4 is 0 Å². The van der Waals surface area contributed by atoms with Crippen LogP contribution in [0.15, 0.2) is 182 Å². The molecule has 55 heavy (non-hydrogen) atoms. The molecule has 0 unspecified atom stereocenters. The molecule has 0 aliphatic rings. The minimum Gasteiger partial charge on any atom is -0.208 e. The highest BCUT2D eigenvalue weighted by Gasteiger charge is 2.22. The standard InChI is InChI=1S/C48H30N6S/c1-5-16-31(17-6-1)43-49-44(32-18-7-2-8-19-32)52-47(51-43)36-25-15-24-35(30-36)37-28-29-39-38-26-13-14-27-40(38)55-42(39)41(37)48-53-45(33-20-9-3-10-21-33)50-46(54-48)34-22-11-4-12-23-34/h1-30H. The van der Waals surface area contributed by atoms with Crippen molar-refractivity contribution >= 4 is 31.5 Å². The second-order valence-corrected chi connectivity index (χ2v) is 14.2. The monoisotopic (exact) mass is 722 g/mol. The van der Waals surface area contributed by atoms with Crippen LogP contribution in [0, 0.1) is 0 Å². The van der Waals surface area contributed by atoms with Gasteiger partial charge in [-0.25, -0.2) is 29.9 Å². The van der Waals surface area contributed by atoms with Crippen LogP contribution in [-0.4, -0.2) is 29.9 Å². The van der Waals surface area contributed by atoms with E-state index in [1.165, 1.54) is 10.1 Å². The van der Waals surface area contributed by atoms with Gasteiger partial charge in [0, 0.05) is 53.6 Å². The van der Waals surface area contributed by atoms with E-state index in [1.54, 1.807) is 11.3 Å². The van der Waals surface area contributed by atoms with Crippen LogP contribution in [0.5, 0.6) is 0 Å². The fourth-order valence-corrected chi connectivity index (χ4v) is 8.18. The highest BCUT2D eigenvalue weighted by molar-refractivity contribution is 7.26. The normalized spacial score (nSPS) is 11.3. The van der Waals surface area contributed by atoms with E-state index in [0.717, 1.165) is 54.6 Å². The highest BCUT2D eigenvalue weighted by Crippen LogP contribution is 2.45. The predicted molar refractivity (Wildman–Crippen MR) is 224 cm³/mol. The third-order valence-corrected chi connectivity index (χ3v) is 10.8. The Hall–Kier alpha value is -7.22. The summed E-state index contributed by atoms with van der Waals surface area (Å²) < 4.78 is 2.32. The second-order valence-electron chi connectivity index (χ2n) is 13.1. The van der Waals surface area contributed by atoms with Crippen molar-refractivity contribution in [2.24, 2.45) is 0 Å². The molecule has 0 aliphatic heterocycles. The Balaban J connectivity index is 1.21. The van der Waals surface area contributed by atoms with E-state index in [0.29, 0.717) is 34.9 Å². The summed E-state index contributed by atoms with van der Waals surface area (Å²) in [7, 11) is 0. The lowest BCUT2D eigenvalue weighted by atomic mass is 9.95. The number of aromatic nitrogens is 6. The van der Waals surface area contributed by atoms with Crippen LogP contribution in [-0.2, 0) is 0 Å². The third kappa shape index (κ3) is 6.22. The Morgan fingerprint density at radius 1 is 0.291 bits per heavy atom. The molecule has 258 valence electrons. The van der Waals surface area contributed by atoms with Gasteiger partial charge in [-0.2, -0.15) is 0 Å². The largest absolute Gasteiger partial charge is 0.208 e. The lowest BCUT2D eigenvalue weighted by Crippen LogP contribution is -2.01. The molecule has 10 aromatic rings. The van der Waals surface area contributed by atoms with E-state index in [4.69, 9.17) is 29.9 Å². The Morgan fingerprint density at radius 2 is 0.691 bits per heavy atom. The number of hydrogen-bond acceptors (Lipinski definition) is 7. The van der Waals surface area contributed by atoms with E-state index in [-0.39, 0.29) is 0 Å². The average Bonchev–Trinajstić information content (AvgIpc) is 3.66. The van der Waals surface area contributed by atoms with Crippen molar-refractivity contribution < 1.29 is 0 Å². The molecule has 0 spiro atoms. The molecule has 0 aliphatic carbocycles. The van der Waals surface area contributed by atoms with E-state index >= 15 is 0 Å². The molecule has 0 radical (unpaired) electrons. The Labute approximate surface area is 321 Å². The van der Waals surface area contributed by atoms with Gasteiger partial charge in [-0.1, -0.05) is 170 Å². The van der Waals surface area contributed by atoms with Crippen molar-refractivity contribution in [2.45, 2.75) is 0 Å². The smallest absolute Gasteiger partial charge is 0.166 e. The van der Waals surface area contributed by atoms with Gasteiger partial charge in [0.05, 0.1) is 0 Å². The number of benzene rings is 7. The Morgan fingerprint density at radius 3 is 1.20 bits per heavy atom. The van der Waals surface area contributed by atoms with Crippen LogP contribution in [0.25, 0.3) is 99.6 Å². The zero-order chi connectivity index (χ0) is 36.6. The molecule has 7 aromatic carbocycles. The molecule has 0 atom stereocenters. The number of thiophene rings is 1. The molecule has 0 bridgehead atoms. The number of nitrogens with zero attached hydrogens (tertiary/aromatic N) is 6. The molecule has 7 heteroatoms. The maximum absolute atomic E-state index is 5.23. The predicted octanol–water partition coefficient (Wildman–Crippen LogP) is 12.1. The summed E-state index contributed by atoms with van der Waals surface area (Å²) in [6.45, 7) is 0. The summed E-state index contributed by atoms with van der Waals surface area (Å²) in [5.41, 5.74) is 7.54. The van der Waals surface area contributed by atoms with Crippen molar-refractivity contribution in [3.8, 4) is 79.5 Å². The SMILES string of the molecule is c1ccc(-c2nc(-c3ccccc3)nc(-c3cccc(-c4ccc5c(sc6ccccc65)c4-c4nc(-c5ccccc5)nc(-c5ccccc5)n4)c3)n2)cc1. The topological polar surface area (TPSA) is 77.3 Å². The maximum Gasteiger partial charge on any atom is 0.166 e. The minimum atomic E-state index is 0.594. The highest BCUT2D eigenvalue weighted by atomic mass is 32.1. The molecule has 0 N–H and O–H groups in total. The van der Waals surface area contributed by atoms with Gasteiger partial charge in [0.1, 0.15) is 0 Å². The van der Waals surface area contributed by atoms with Crippen molar-refractivity contribution in [1.29, 1.82) is 0 Å². The quantitative estimate of drug-likeness (QED) is 0.163. The first-order valence-corrected chi connectivity index (χ1v) is 18.9. The third-order valence-electron chi connectivity index (χ3n) is 9.60. The van der Waals surface area contributed by atoms with Gasteiger partial charge in [-0.15, -0.1) is 11.3 Å². The van der Waals surface area contributed by atoms with Crippen molar-refractivity contribution in [2.75, 3.05) is 0 Å². The van der Waals surface area contributed by atoms with Gasteiger partial charge in [-0.3, -0.25) is 0 Å².